The topological polar surface area (TPSA) is 75.7 Å². The van der Waals surface area contributed by atoms with Gasteiger partial charge in [-0.25, -0.2) is 13.2 Å². The lowest BCUT2D eigenvalue weighted by Crippen LogP contribution is -2.44. The van der Waals surface area contributed by atoms with Crippen molar-refractivity contribution >= 4 is 15.9 Å². The van der Waals surface area contributed by atoms with E-state index < -0.39 is 9.84 Å². The Morgan fingerprint density at radius 3 is 2.73 bits per heavy atom. The highest BCUT2D eigenvalue weighted by molar-refractivity contribution is 7.91. The average molecular weight is 326 g/mol. The van der Waals surface area contributed by atoms with Crippen molar-refractivity contribution in [1.82, 2.24) is 10.2 Å². The van der Waals surface area contributed by atoms with E-state index in [9.17, 15) is 13.2 Å². The second-order valence-corrected chi connectivity index (χ2v) is 7.71. The smallest absolute Gasteiger partial charge is 0.317 e. The fraction of sp³-hybridized carbons (Fsp3) is 0.533. The molecule has 0 bridgehead atoms. The van der Waals surface area contributed by atoms with Crippen LogP contribution in [0.5, 0.6) is 5.75 Å². The standard InChI is InChI=1S/C15H22N2O4S/c1-17(9-5-10-21-14-6-3-2-4-7-14)15(18)16-13-8-11-22(19,20)12-13/h2-4,6-7,13H,5,8-12H2,1H3,(H,16,18)/t13-/m0/s1. The molecule has 122 valence electrons. The van der Waals surface area contributed by atoms with Gasteiger partial charge < -0.3 is 15.0 Å². The maximum absolute atomic E-state index is 12.0. The van der Waals surface area contributed by atoms with Crippen LogP contribution in [0.1, 0.15) is 12.8 Å². The van der Waals surface area contributed by atoms with Crippen LogP contribution in [0, 0.1) is 0 Å². The number of sulfone groups is 1. The molecule has 7 heteroatoms. The molecule has 1 N–H and O–H groups in total. The molecule has 1 aromatic rings. The van der Waals surface area contributed by atoms with E-state index in [2.05, 4.69) is 5.32 Å². The van der Waals surface area contributed by atoms with E-state index in [0.29, 0.717) is 26.0 Å². The van der Waals surface area contributed by atoms with Crippen molar-refractivity contribution in [3.05, 3.63) is 30.3 Å². The van der Waals surface area contributed by atoms with E-state index >= 15 is 0 Å². The Labute approximate surface area is 131 Å². The first-order valence-electron chi connectivity index (χ1n) is 7.36. The van der Waals surface area contributed by atoms with E-state index in [0.717, 1.165) is 5.75 Å². The number of carbonyl (C=O) groups excluding carboxylic acids is 1. The fourth-order valence-electron chi connectivity index (χ4n) is 2.30. The van der Waals surface area contributed by atoms with Gasteiger partial charge in [-0.2, -0.15) is 0 Å². The van der Waals surface area contributed by atoms with Crippen molar-refractivity contribution < 1.29 is 17.9 Å². The molecule has 22 heavy (non-hydrogen) atoms. The van der Waals surface area contributed by atoms with Crippen molar-refractivity contribution in [2.45, 2.75) is 18.9 Å². The van der Waals surface area contributed by atoms with Crippen LogP contribution in [0.25, 0.3) is 0 Å². The van der Waals surface area contributed by atoms with Crippen LogP contribution in [0.4, 0.5) is 4.79 Å². The highest BCUT2D eigenvalue weighted by Crippen LogP contribution is 2.11. The third kappa shape index (κ3) is 5.22. The zero-order valence-corrected chi connectivity index (χ0v) is 13.5. The molecule has 0 aliphatic carbocycles. The number of benzene rings is 1. The molecule has 0 radical (unpaired) electrons. The number of nitrogens with zero attached hydrogens (tertiary/aromatic N) is 1. The fourth-order valence-corrected chi connectivity index (χ4v) is 3.98. The van der Waals surface area contributed by atoms with Gasteiger partial charge in [0.1, 0.15) is 5.75 Å². The molecule has 2 rings (SSSR count). The van der Waals surface area contributed by atoms with Gasteiger partial charge in [0, 0.05) is 19.6 Å². The van der Waals surface area contributed by atoms with Crippen LogP contribution >= 0.6 is 0 Å². The van der Waals surface area contributed by atoms with Gasteiger partial charge in [-0.3, -0.25) is 0 Å². The second-order valence-electron chi connectivity index (χ2n) is 5.49. The molecule has 0 spiro atoms. The first kappa shape index (κ1) is 16.6. The normalized spacial score (nSPS) is 19.6. The van der Waals surface area contributed by atoms with Gasteiger partial charge in [-0.15, -0.1) is 0 Å². The van der Waals surface area contributed by atoms with Gasteiger partial charge in [0.05, 0.1) is 18.1 Å². The monoisotopic (exact) mass is 326 g/mol. The summed E-state index contributed by atoms with van der Waals surface area (Å²) in [5.74, 6) is 1.02. The maximum Gasteiger partial charge on any atom is 0.317 e. The molecule has 1 heterocycles. The number of amides is 2. The molecule has 2 amide bonds. The minimum atomic E-state index is -2.97. The first-order chi connectivity index (χ1) is 10.5. The summed E-state index contributed by atoms with van der Waals surface area (Å²) in [6, 6.07) is 9.01. The van der Waals surface area contributed by atoms with Gasteiger partial charge in [0.15, 0.2) is 9.84 Å². The number of hydrogen-bond acceptors (Lipinski definition) is 4. The summed E-state index contributed by atoms with van der Waals surface area (Å²) in [6.45, 7) is 1.08. The van der Waals surface area contributed by atoms with E-state index in [4.69, 9.17) is 4.74 Å². The molecule has 6 nitrogen and oxygen atoms in total. The van der Waals surface area contributed by atoms with Crippen LogP contribution in [0.2, 0.25) is 0 Å². The van der Waals surface area contributed by atoms with E-state index in [1.807, 2.05) is 30.3 Å². The van der Waals surface area contributed by atoms with Crippen LogP contribution in [0.3, 0.4) is 0 Å². The highest BCUT2D eigenvalue weighted by atomic mass is 32.2. The van der Waals surface area contributed by atoms with Crippen molar-refractivity contribution in [3.63, 3.8) is 0 Å². The van der Waals surface area contributed by atoms with Gasteiger partial charge in [-0.05, 0) is 25.0 Å². The maximum atomic E-state index is 12.0. The molecular formula is C15H22N2O4S. The van der Waals surface area contributed by atoms with Crippen molar-refractivity contribution in [2.75, 3.05) is 31.7 Å². The lowest BCUT2D eigenvalue weighted by atomic mass is 10.3. The number of carbonyl (C=O) groups is 1. The summed E-state index contributed by atoms with van der Waals surface area (Å²) >= 11 is 0. The zero-order valence-electron chi connectivity index (χ0n) is 12.7. The van der Waals surface area contributed by atoms with Gasteiger partial charge in [-0.1, -0.05) is 18.2 Å². The van der Waals surface area contributed by atoms with Crippen LogP contribution in [0.15, 0.2) is 30.3 Å². The molecule has 1 atom stereocenters. The molecule has 1 aliphatic heterocycles. The summed E-state index contributed by atoms with van der Waals surface area (Å²) in [6.07, 6.45) is 1.21. The number of rotatable bonds is 6. The summed E-state index contributed by atoms with van der Waals surface area (Å²) < 4.78 is 28.3. The molecule has 0 saturated carbocycles. The lowest BCUT2D eigenvalue weighted by molar-refractivity contribution is 0.200. The summed E-state index contributed by atoms with van der Waals surface area (Å²) in [5.41, 5.74) is 0. The molecule has 1 aromatic carbocycles. The van der Waals surface area contributed by atoms with Crippen molar-refractivity contribution in [3.8, 4) is 5.75 Å². The Morgan fingerprint density at radius 1 is 1.36 bits per heavy atom. The third-order valence-corrected chi connectivity index (χ3v) is 5.32. The van der Waals surface area contributed by atoms with Crippen LogP contribution in [-0.4, -0.2) is 57.1 Å². The largest absolute Gasteiger partial charge is 0.494 e. The first-order valence-corrected chi connectivity index (χ1v) is 9.18. The lowest BCUT2D eigenvalue weighted by Gasteiger charge is -2.20. The molecule has 1 fully saturated rings. The van der Waals surface area contributed by atoms with Gasteiger partial charge >= 0.3 is 6.03 Å². The third-order valence-electron chi connectivity index (χ3n) is 3.56. The molecule has 1 saturated heterocycles. The SMILES string of the molecule is CN(CCCOc1ccccc1)C(=O)N[C@H]1CCS(=O)(=O)C1. The number of nitrogens with one attached hydrogen (secondary N) is 1. The number of ether oxygens (including phenoxy) is 1. The minimum absolute atomic E-state index is 0.0453. The zero-order chi connectivity index (χ0) is 16.0. The molecular weight excluding hydrogens is 304 g/mol. The van der Waals surface area contributed by atoms with Crippen molar-refractivity contribution in [2.24, 2.45) is 0 Å². The Morgan fingerprint density at radius 2 is 2.09 bits per heavy atom. The van der Waals surface area contributed by atoms with Crippen LogP contribution in [-0.2, 0) is 9.84 Å². The van der Waals surface area contributed by atoms with E-state index in [-0.39, 0.29) is 23.6 Å². The van der Waals surface area contributed by atoms with Gasteiger partial charge in [0.2, 0.25) is 0 Å². The number of urea groups is 1. The van der Waals surface area contributed by atoms with Crippen molar-refractivity contribution in [1.29, 1.82) is 0 Å². The Kier molecular flexibility index (Phi) is 5.65. The molecule has 0 aromatic heterocycles. The summed E-state index contributed by atoms with van der Waals surface area (Å²) in [7, 11) is -1.28. The van der Waals surface area contributed by atoms with Gasteiger partial charge in [0.25, 0.3) is 0 Å². The second kappa shape index (κ2) is 7.49. The Hall–Kier alpha value is -1.76. The Bertz CT molecular complexity index is 589. The summed E-state index contributed by atoms with van der Waals surface area (Å²) in [4.78, 5) is 13.5. The minimum Gasteiger partial charge on any atom is -0.494 e. The highest BCUT2D eigenvalue weighted by Gasteiger charge is 2.29. The molecule has 1 aliphatic rings. The van der Waals surface area contributed by atoms with E-state index in [1.54, 1.807) is 11.9 Å². The number of hydrogen-bond donors (Lipinski definition) is 1. The van der Waals surface area contributed by atoms with E-state index in [1.165, 1.54) is 0 Å². The van der Waals surface area contributed by atoms with Crippen LogP contribution < -0.4 is 10.1 Å². The predicted molar refractivity (Wildman–Crippen MR) is 84.8 cm³/mol. The number of para-hydroxylation sites is 1. The molecule has 0 unspecified atom stereocenters. The summed E-state index contributed by atoms with van der Waals surface area (Å²) in [5, 5.41) is 2.76. The average Bonchev–Trinajstić information content (AvgIpc) is 2.83. The Balaban J connectivity index is 1.64. The predicted octanol–water partition coefficient (Wildman–Crippen LogP) is 1.28. The quantitative estimate of drug-likeness (QED) is 0.799.